The van der Waals surface area contributed by atoms with Crippen LogP contribution < -0.4 is 11.4 Å². The molecular formula is C12H22N4O3S. The molecule has 1 aromatic rings. The summed E-state index contributed by atoms with van der Waals surface area (Å²) < 4.78 is 6.27. The Morgan fingerprint density at radius 1 is 1.60 bits per heavy atom. The summed E-state index contributed by atoms with van der Waals surface area (Å²) in [4.78, 5) is 22.9. The highest BCUT2D eigenvalue weighted by atomic mass is 32.2. The van der Waals surface area contributed by atoms with Gasteiger partial charge in [0, 0.05) is 12.3 Å². The summed E-state index contributed by atoms with van der Waals surface area (Å²) in [6.45, 7) is 4.31. The van der Waals surface area contributed by atoms with Gasteiger partial charge in [0.25, 0.3) is 0 Å². The Bertz CT molecular complexity index is 495. The number of nitrogens with two attached hydrogens (primary N) is 1. The minimum Gasteiger partial charge on any atom is -0.468 e. The predicted molar refractivity (Wildman–Crippen MR) is 77.7 cm³/mol. The second-order valence-corrected chi connectivity index (χ2v) is 5.89. The first kappa shape index (κ1) is 16.8. The quantitative estimate of drug-likeness (QED) is 0.417. The van der Waals surface area contributed by atoms with Crippen molar-refractivity contribution in [1.29, 1.82) is 0 Å². The molecule has 0 fully saturated rings. The van der Waals surface area contributed by atoms with Crippen molar-refractivity contribution in [2.45, 2.75) is 50.4 Å². The molecule has 0 saturated heterocycles. The Morgan fingerprint density at radius 3 is 2.90 bits per heavy atom. The lowest BCUT2D eigenvalue weighted by molar-refractivity contribution is -0.146. The third-order valence-electron chi connectivity index (χ3n) is 2.89. The molecule has 0 aliphatic heterocycles. The van der Waals surface area contributed by atoms with Crippen molar-refractivity contribution in [2.24, 2.45) is 5.73 Å². The molecule has 1 unspecified atom stereocenters. The van der Waals surface area contributed by atoms with E-state index in [1.54, 1.807) is 11.5 Å². The van der Waals surface area contributed by atoms with Gasteiger partial charge in [-0.1, -0.05) is 18.7 Å². The Balaban J connectivity index is 2.46. The van der Waals surface area contributed by atoms with Crippen molar-refractivity contribution in [1.82, 2.24) is 14.8 Å². The molecule has 0 bridgehead atoms. The van der Waals surface area contributed by atoms with Crippen LogP contribution in [0.5, 0.6) is 0 Å². The molecule has 7 nitrogen and oxygen atoms in total. The first-order chi connectivity index (χ1) is 9.42. The van der Waals surface area contributed by atoms with Crippen LogP contribution in [0.25, 0.3) is 0 Å². The molecule has 1 rings (SSSR count). The summed E-state index contributed by atoms with van der Waals surface area (Å²) in [5.41, 5.74) is 4.72. The van der Waals surface area contributed by atoms with E-state index >= 15 is 0 Å². The largest absolute Gasteiger partial charge is 0.468 e. The van der Waals surface area contributed by atoms with E-state index < -0.39 is 11.5 Å². The second-order valence-electron chi connectivity index (χ2n) is 4.82. The molecule has 0 amide bonds. The zero-order valence-corrected chi connectivity index (χ0v) is 13.0. The molecule has 0 aliphatic rings. The van der Waals surface area contributed by atoms with Gasteiger partial charge in [0.05, 0.1) is 7.11 Å². The fourth-order valence-electron chi connectivity index (χ4n) is 1.77. The van der Waals surface area contributed by atoms with Gasteiger partial charge in [-0.25, -0.2) is 9.89 Å². The third kappa shape index (κ3) is 4.38. The molecule has 0 aliphatic carbocycles. The van der Waals surface area contributed by atoms with Gasteiger partial charge in [-0.3, -0.25) is 9.36 Å². The van der Waals surface area contributed by atoms with E-state index in [0.717, 1.165) is 18.6 Å². The van der Waals surface area contributed by atoms with Crippen LogP contribution in [0, 0.1) is 0 Å². The maximum absolute atomic E-state index is 11.5. The molecule has 0 aromatic carbocycles. The topological polar surface area (TPSA) is 103 Å². The molecule has 0 saturated carbocycles. The number of nitrogens with one attached hydrogen (secondary N) is 1. The van der Waals surface area contributed by atoms with E-state index in [4.69, 9.17) is 5.73 Å². The van der Waals surface area contributed by atoms with Crippen LogP contribution in [-0.4, -0.2) is 39.1 Å². The lowest BCUT2D eigenvalue weighted by Gasteiger charge is -2.20. The van der Waals surface area contributed by atoms with Crippen molar-refractivity contribution in [3.8, 4) is 0 Å². The molecule has 8 heteroatoms. The van der Waals surface area contributed by atoms with Crippen molar-refractivity contribution in [3.05, 3.63) is 10.5 Å². The van der Waals surface area contributed by atoms with Gasteiger partial charge < -0.3 is 10.5 Å². The summed E-state index contributed by atoms with van der Waals surface area (Å²) in [5, 5.41) is 7.10. The maximum Gasteiger partial charge on any atom is 0.343 e. The van der Waals surface area contributed by atoms with Crippen LogP contribution in [-0.2, 0) is 16.1 Å². The first-order valence-corrected chi connectivity index (χ1v) is 7.56. The number of methoxy groups -OCH3 is 1. The zero-order chi connectivity index (χ0) is 15.2. The minimum atomic E-state index is -0.968. The number of H-pyrrole nitrogens is 1. The van der Waals surface area contributed by atoms with E-state index in [-0.39, 0.29) is 5.69 Å². The molecule has 0 radical (unpaired) electrons. The molecule has 3 N–H and O–H groups in total. The fourth-order valence-corrected chi connectivity index (χ4v) is 2.68. The number of thioether (sulfide) groups is 1. The molecule has 1 aromatic heterocycles. The average molecular weight is 302 g/mol. The van der Waals surface area contributed by atoms with Gasteiger partial charge >= 0.3 is 11.7 Å². The van der Waals surface area contributed by atoms with Crippen LogP contribution in [0.3, 0.4) is 0 Å². The van der Waals surface area contributed by atoms with Gasteiger partial charge in [0.1, 0.15) is 5.54 Å². The number of carbonyl (C=O) groups excluding carboxylic acids is 1. The number of rotatable bonds is 8. The molecule has 1 atom stereocenters. The summed E-state index contributed by atoms with van der Waals surface area (Å²) in [7, 11) is 1.33. The number of aromatic nitrogens is 3. The molecular weight excluding hydrogens is 280 g/mol. The number of hydrogen-bond donors (Lipinski definition) is 2. The van der Waals surface area contributed by atoms with Crippen molar-refractivity contribution >= 4 is 17.7 Å². The lowest BCUT2D eigenvalue weighted by atomic mass is 9.98. The SMILES string of the molecule is CCCn1c(SCCCC(C)(N)C(=O)OC)n[nH]c1=O. The first-order valence-electron chi connectivity index (χ1n) is 6.57. The lowest BCUT2D eigenvalue weighted by Crippen LogP contribution is -2.45. The molecule has 1 heterocycles. The summed E-state index contributed by atoms with van der Waals surface area (Å²) in [6, 6.07) is 0. The van der Waals surface area contributed by atoms with E-state index in [1.807, 2.05) is 6.92 Å². The number of aromatic amines is 1. The average Bonchev–Trinajstić information content (AvgIpc) is 2.76. The van der Waals surface area contributed by atoms with Crippen LogP contribution in [0.1, 0.15) is 33.1 Å². The fraction of sp³-hybridized carbons (Fsp3) is 0.750. The molecule has 114 valence electrons. The standard InChI is InChI=1S/C12H22N4O3S/c1-4-7-16-10(18)14-15-11(16)20-8-5-6-12(2,13)9(17)19-3/h4-8,13H2,1-3H3,(H,14,18). The normalized spacial score (nSPS) is 14.0. The monoisotopic (exact) mass is 302 g/mol. The minimum absolute atomic E-state index is 0.187. The van der Waals surface area contributed by atoms with E-state index in [1.165, 1.54) is 18.9 Å². The summed E-state index contributed by atoms with van der Waals surface area (Å²) in [6.07, 6.45) is 2.13. The third-order valence-corrected chi connectivity index (χ3v) is 3.96. The predicted octanol–water partition coefficient (Wildman–Crippen LogP) is 0.744. The number of nitrogens with zero attached hydrogens (tertiary/aromatic N) is 2. The molecule has 20 heavy (non-hydrogen) atoms. The second kappa shape index (κ2) is 7.49. The Kier molecular flexibility index (Phi) is 6.28. The van der Waals surface area contributed by atoms with Crippen molar-refractivity contribution < 1.29 is 9.53 Å². The highest BCUT2D eigenvalue weighted by Crippen LogP contribution is 2.18. The van der Waals surface area contributed by atoms with Gasteiger partial charge in [-0.2, -0.15) is 0 Å². The van der Waals surface area contributed by atoms with Gasteiger partial charge in [0.2, 0.25) is 0 Å². The van der Waals surface area contributed by atoms with Crippen molar-refractivity contribution in [3.63, 3.8) is 0 Å². The van der Waals surface area contributed by atoms with E-state index in [9.17, 15) is 9.59 Å². The number of hydrogen-bond acceptors (Lipinski definition) is 6. The van der Waals surface area contributed by atoms with Crippen LogP contribution in [0.4, 0.5) is 0 Å². The number of carbonyl (C=O) groups is 1. The number of ether oxygens (including phenoxy) is 1. The Morgan fingerprint density at radius 2 is 2.30 bits per heavy atom. The van der Waals surface area contributed by atoms with Crippen LogP contribution >= 0.6 is 11.8 Å². The van der Waals surface area contributed by atoms with E-state index in [2.05, 4.69) is 14.9 Å². The van der Waals surface area contributed by atoms with Gasteiger partial charge in [-0.05, 0) is 26.2 Å². The van der Waals surface area contributed by atoms with Crippen LogP contribution in [0.15, 0.2) is 9.95 Å². The van der Waals surface area contributed by atoms with Crippen molar-refractivity contribution in [2.75, 3.05) is 12.9 Å². The van der Waals surface area contributed by atoms with Gasteiger partial charge in [-0.15, -0.1) is 5.10 Å². The summed E-state index contributed by atoms with van der Waals surface area (Å²) in [5.74, 6) is 0.322. The highest BCUT2D eigenvalue weighted by molar-refractivity contribution is 7.99. The Hall–Kier alpha value is -1.28. The smallest absolute Gasteiger partial charge is 0.343 e. The number of esters is 1. The maximum atomic E-state index is 11.5. The van der Waals surface area contributed by atoms with E-state index in [0.29, 0.717) is 18.1 Å². The van der Waals surface area contributed by atoms with Gasteiger partial charge in [0.15, 0.2) is 5.16 Å². The highest BCUT2D eigenvalue weighted by Gasteiger charge is 2.28. The zero-order valence-electron chi connectivity index (χ0n) is 12.1. The molecule has 0 spiro atoms. The Labute approximate surface area is 122 Å². The summed E-state index contributed by atoms with van der Waals surface area (Å²) >= 11 is 1.48. The van der Waals surface area contributed by atoms with Crippen LogP contribution in [0.2, 0.25) is 0 Å².